The predicted octanol–water partition coefficient (Wildman–Crippen LogP) is 11.0. The van der Waals surface area contributed by atoms with Gasteiger partial charge in [-0.3, -0.25) is 92.6 Å². The van der Waals surface area contributed by atoms with Crippen molar-refractivity contribution in [3.63, 3.8) is 0 Å². The van der Waals surface area contributed by atoms with E-state index in [2.05, 4.69) is 46.4 Å². The van der Waals surface area contributed by atoms with Crippen LogP contribution in [0.25, 0.3) is 22.3 Å². The number of hydrogen-bond acceptors (Lipinski definition) is 19. The van der Waals surface area contributed by atoms with Gasteiger partial charge in [0.1, 0.15) is 23.7 Å². The number of benzene rings is 6. The van der Waals surface area contributed by atoms with Gasteiger partial charge in [0.05, 0.1) is 72.8 Å². The van der Waals surface area contributed by atoms with Gasteiger partial charge >= 0.3 is 18.3 Å². The van der Waals surface area contributed by atoms with Crippen LogP contribution >= 0.6 is 0 Å². The molecule has 2 aromatic heterocycles. The Labute approximate surface area is 721 Å². The van der Waals surface area contributed by atoms with Crippen molar-refractivity contribution in [2.24, 2.45) is 5.73 Å². The first-order chi connectivity index (χ1) is 60.2. The summed E-state index contributed by atoms with van der Waals surface area (Å²) in [5.74, 6) is -9.60. The molecule has 8 heterocycles. The van der Waals surface area contributed by atoms with Crippen molar-refractivity contribution in [3.8, 4) is 22.3 Å². The number of aromatic amines is 2. The molecule has 6 aliphatic heterocycles. The highest BCUT2D eigenvalue weighted by atomic mass is 19.4. The Balaban J connectivity index is 0.000000193. The lowest BCUT2D eigenvalue weighted by Gasteiger charge is -2.44. The number of piperidine rings is 2. The Bertz CT molecular complexity index is 5810. The van der Waals surface area contributed by atoms with E-state index < -0.39 is 134 Å². The third kappa shape index (κ3) is 20.7. The number of H-pyrrole nitrogens is 2. The number of carbonyl (C=O) groups excluding carboxylic acids is 11. The molecule has 4 saturated heterocycles. The highest BCUT2D eigenvalue weighted by Crippen LogP contribution is 2.41. The van der Waals surface area contributed by atoms with Crippen LogP contribution in [-0.4, -0.2) is 195 Å². The number of aromatic nitrogens is 2. The van der Waals surface area contributed by atoms with Gasteiger partial charge < -0.3 is 46.6 Å². The largest absolute Gasteiger partial charge is 0.478 e. The number of alkyl halides is 6. The molecule has 127 heavy (non-hydrogen) atoms. The average molecular weight is 1760 g/mol. The number of pyridine rings is 2. The molecule has 10 N–H and O–H groups in total. The molecule has 668 valence electrons. The molecule has 0 saturated carbocycles. The fourth-order valence-corrected chi connectivity index (χ4v) is 16.4. The molecule has 2 unspecified atom stereocenters. The first-order valence-corrected chi connectivity index (χ1v) is 41.2. The summed E-state index contributed by atoms with van der Waals surface area (Å²) < 4.78 is 113. The van der Waals surface area contributed by atoms with Gasteiger partial charge in [-0.1, -0.05) is 49.2 Å². The summed E-state index contributed by atoms with van der Waals surface area (Å²) in [6, 6.07) is 25.5. The molecule has 14 rings (SSSR count). The Hall–Kier alpha value is -13.4. The zero-order chi connectivity index (χ0) is 91.9. The summed E-state index contributed by atoms with van der Waals surface area (Å²) in [6.07, 6.45) is -2.54. The Kier molecular flexibility index (Phi) is 28.5. The second-order valence-corrected chi connectivity index (χ2v) is 32.1. The van der Waals surface area contributed by atoms with Crippen LogP contribution in [0.5, 0.6) is 0 Å². The summed E-state index contributed by atoms with van der Waals surface area (Å²) in [5, 5.41) is 21.6. The van der Waals surface area contributed by atoms with E-state index in [0.717, 1.165) is 58.9 Å². The summed E-state index contributed by atoms with van der Waals surface area (Å²) in [6.45, 7) is 11.1. The van der Waals surface area contributed by atoms with Crippen LogP contribution in [0, 0.1) is 11.6 Å². The number of imide groups is 4. The lowest BCUT2D eigenvalue weighted by atomic mass is 9.98. The molecule has 0 radical (unpaired) electrons. The van der Waals surface area contributed by atoms with E-state index in [1.807, 2.05) is 57.7 Å². The monoisotopic (exact) mass is 1760 g/mol. The standard InChI is InChI=1S/C45H45F4N7O7.C27H26F4N4O4.C18H21N3O4/c1-24-22-55(23-25(2)54(24)3)35-14-12-27(19-34(35)52-41(60)31-21-51-38(58)20-32(31)45(47,48)49)30-18-28(11-13-33(30)46)40(59)50-17-6-4-5-8-26-9-7-10-29-39(26)44(63)56(43(29)62)36-15-16-37(57)53-42(36)61;1-14-12-35(13-15(2)34(14)3)23-7-5-16(18-8-17(26(38)39)4-6-21(18)28)9-22(23)33-25(37)19-11-32-24(36)10-20(19)27(29,30)31;19-10-3-1-2-5-11-6-4-7-12-15(11)18(25)21(17(12)24)13-8-9-14(22)20-16(13)23/h7,9-14,18-21,24-25,36H,4-6,8,15-17,22-23H2,1-3H3,(H,50,59)(H,51,58)(H,52,60)(H,53,57,61);4-11,14-15H,12-13H2,1-3H3,(H,32,36)(H,33,37)(H,38,39);4,6-7,13H,1-3,5,8-10,19H2,(H,20,22,23)/t24-,25+,36?;14-,15+;. The molecule has 0 bridgehead atoms. The van der Waals surface area contributed by atoms with Crippen LogP contribution in [0.3, 0.4) is 0 Å². The SMILES string of the molecule is C[C@@H]1CN(c2ccc(-c3cc(C(=O)NCCCCCc4cccc5c4C(=O)N(C4CCC(=O)NC4=O)C5=O)ccc3F)cc2NC(=O)c2c[nH]c(=O)cc2C(F)(F)F)C[C@H](C)N1C.C[C@@H]1CN(c2ccc(-c3cc(C(=O)O)ccc3F)cc2NC(=O)c2c[nH]c(=O)cc2C(F)(F)F)C[C@H](C)N1C.NCCCCCc1cccc2c1C(=O)N(C1CCC(=O)NC1=O)C2=O. The van der Waals surface area contributed by atoms with Crippen molar-refractivity contribution in [2.75, 3.05) is 73.8 Å². The van der Waals surface area contributed by atoms with E-state index in [1.165, 1.54) is 30.3 Å². The number of rotatable bonds is 23. The molecule has 6 atom stereocenters. The lowest BCUT2D eigenvalue weighted by molar-refractivity contribution is -0.138. The van der Waals surface area contributed by atoms with E-state index in [4.69, 9.17) is 5.73 Å². The Morgan fingerprint density at radius 2 is 0.874 bits per heavy atom. The van der Waals surface area contributed by atoms with Gasteiger partial charge in [0, 0.05) is 111 Å². The van der Waals surface area contributed by atoms with Crippen molar-refractivity contribution < 1.29 is 97.8 Å². The fraction of sp³-hybridized carbons (Fsp3) is 0.356. The number of halogens is 8. The number of aryl methyl sites for hydroxylation is 2. The van der Waals surface area contributed by atoms with Crippen LogP contribution < -0.4 is 53.2 Å². The summed E-state index contributed by atoms with van der Waals surface area (Å²) in [4.78, 5) is 189. The third-order valence-electron chi connectivity index (χ3n) is 23.6. The van der Waals surface area contributed by atoms with Gasteiger partial charge in [-0.2, -0.15) is 26.3 Å². The second-order valence-electron chi connectivity index (χ2n) is 32.1. The normalized spacial score (nSPS) is 19.1. The average Bonchev–Trinajstić information content (AvgIpc) is 1.61. The minimum absolute atomic E-state index is 0.00410. The van der Waals surface area contributed by atoms with Crippen molar-refractivity contribution in [1.29, 1.82) is 0 Å². The van der Waals surface area contributed by atoms with Crippen LogP contribution in [0.4, 0.5) is 57.9 Å². The van der Waals surface area contributed by atoms with Gasteiger partial charge in [0.2, 0.25) is 34.7 Å². The Morgan fingerprint density at radius 1 is 0.472 bits per heavy atom. The molecule has 6 aromatic carbocycles. The van der Waals surface area contributed by atoms with E-state index in [0.29, 0.717) is 117 Å². The summed E-state index contributed by atoms with van der Waals surface area (Å²) in [5.41, 5.74) is 3.21. The van der Waals surface area contributed by atoms with Gasteiger partial charge in [0.25, 0.3) is 41.4 Å². The number of amides is 11. The van der Waals surface area contributed by atoms with Gasteiger partial charge in [-0.25, -0.2) is 13.6 Å². The molecular formula is C90H92F8N14O15. The van der Waals surface area contributed by atoms with Crippen molar-refractivity contribution in [2.45, 2.75) is 153 Å². The highest BCUT2D eigenvalue weighted by molar-refractivity contribution is 6.25. The first kappa shape index (κ1) is 92.8. The number of nitrogens with one attached hydrogen (secondary N) is 7. The van der Waals surface area contributed by atoms with E-state index in [1.54, 1.807) is 48.5 Å². The van der Waals surface area contributed by atoms with Crippen LogP contribution in [0.1, 0.15) is 197 Å². The van der Waals surface area contributed by atoms with E-state index >= 15 is 4.39 Å². The zero-order valence-electron chi connectivity index (χ0n) is 69.8. The first-order valence-electron chi connectivity index (χ1n) is 41.2. The second kappa shape index (κ2) is 39.0. The number of piperazine rings is 2. The lowest BCUT2D eigenvalue weighted by Crippen LogP contribution is -2.55. The molecule has 8 aromatic rings. The molecule has 4 fully saturated rings. The quantitative estimate of drug-likeness (QED) is 0.0163. The minimum atomic E-state index is -5.00. The minimum Gasteiger partial charge on any atom is -0.478 e. The molecule has 29 nitrogen and oxygen atoms in total. The molecule has 6 aliphatic rings. The number of anilines is 4. The third-order valence-corrected chi connectivity index (χ3v) is 23.6. The molecule has 0 spiro atoms. The number of nitrogens with two attached hydrogens (primary N) is 1. The van der Waals surface area contributed by atoms with E-state index in [9.17, 15) is 103 Å². The predicted molar refractivity (Wildman–Crippen MR) is 451 cm³/mol. The van der Waals surface area contributed by atoms with Crippen molar-refractivity contribution >= 4 is 93.7 Å². The highest BCUT2D eigenvalue weighted by Gasteiger charge is 2.48. The molecular weight excluding hydrogens is 1670 g/mol. The van der Waals surface area contributed by atoms with E-state index in [-0.39, 0.29) is 118 Å². The number of nitrogens with zero attached hydrogens (tertiary/aromatic N) is 6. The van der Waals surface area contributed by atoms with Crippen LogP contribution in [0.2, 0.25) is 0 Å². The number of fused-ring (bicyclic) bond motifs is 2. The maximum Gasteiger partial charge on any atom is 0.417 e. The summed E-state index contributed by atoms with van der Waals surface area (Å²) >= 11 is 0. The Morgan fingerprint density at radius 3 is 1.27 bits per heavy atom. The number of likely N-dealkylation sites (N-methyl/N-ethyl adjacent to an activating group) is 2. The maximum absolute atomic E-state index is 15.5. The van der Waals surface area contributed by atoms with Crippen molar-refractivity contribution in [3.05, 3.63) is 233 Å². The van der Waals surface area contributed by atoms with Gasteiger partial charge in [0.15, 0.2) is 0 Å². The summed E-state index contributed by atoms with van der Waals surface area (Å²) in [7, 11) is 3.96. The maximum atomic E-state index is 15.5. The van der Waals surface area contributed by atoms with Crippen LogP contribution in [0.15, 0.2) is 143 Å². The van der Waals surface area contributed by atoms with Crippen molar-refractivity contribution in [1.82, 2.24) is 45.5 Å². The molecule has 37 heteroatoms. The number of carboxylic acids is 1. The smallest absolute Gasteiger partial charge is 0.417 e. The number of carbonyl (C=O) groups is 12. The van der Waals surface area contributed by atoms with Gasteiger partial charge in [-0.15, -0.1) is 0 Å². The van der Waals surface area contributed by atoms with Gasteiger partial charge in [-0.05, 0) is 195 Å². The zero-order valence-corrected chi connectivity index (χ0v) is 69.8. The molecule has 0 aliphatic carbocycles. The molecule has 11 amide bonds. The topological polar surface area (TPSA) is 396 Å². The van der Waals surface area contributed by atoms with Crippen LogP contribution in [-0.2, 0) is 44.4 Å². The fourth-order valence-electron chi connectivity index (χ4n) is 16.4. The number of hydrogen-bond donors (Lipinski definition) is 9. The number of unbranched alkanes of at least 4 members (excludes halogenated alkanes) is 4. The number of carboxylic acid groups (broad SMARTS) is 1. The number of aromatic carboxylic acids is 1.